The third kappa shape index (κ3) is 2.23. The quantitative estimate of drug-likeness (QED) is 0.828. The fourth-order valence-corrected chi connectivity index (χ4v) is 2.94. The minimum atomic E-state index is 0.803. The summed E-state index contributed by atoms with van der Waals surface area (Å²) >= 11 is 1.92. The Kier molecular flexibility index (Phi) is 2.53. The van der Waals surface area contributed by atoms with Crippen LogP contribution < -0.4 is 5.32 Å². The molecule has 0 aliphatic heterocycles. The number of nitrogens with zero attached hydrogens (tertiary/aromatic N) is 1. The third-order valence-electron chi connectivity index (χ3n) is 3.17. The summed E-state index contributed by atoms with van der Waals surface area (Å²) in [5.41, 5.74) is 1.42. The molecule has 82 valence electrons. The molecule has 0 spiro atoms. The number of hydrogen-bond donors (Lipinski definition) is 1. The van der Waals surface area contributed by atoms with Gasteiger partial charge in [-0.15, -0.1) is 11.3 Å². The maximum Gasteiger partial charge on any atom is 0.0929 e. The monoisotopic (exact) mass is 222 g/mol. The van der Waals surface area contributed by atoms with E-state index in [0.29, 0.717) is 0 Å². The molecular formula is C12H18N2S. The van der Waals surface area contributed by atoms with Crippen LogP contribution in [0.1, 0.15) is 54.1 Å². The fraction of sp³-hybridized carbons (Fsp3) is 0.750. The fourth-order valence-electron chi connectivity index (χ4n) is 1.89. The van der Waals surface area contributed by atoms with Gasteiger partial charge < -0.3 is 5.32 Å². The Morgan fingerprint density at radius 3 is 2.73 bits per heavy atom. The van der Waals surface area contributed by atoms with Gasteiger partial charge in [-0.1, -0.05) is 6.92 Å². The first-order valence-electron chi connectivity index (χ1n) is 6.08. The van der Waals surface area contributed by atoms with Crippen LogP contribution in [0.4, 0.5) is 0 Å². The molecule has 2 nitrogen and oxygen atoms in total. The normalized spacial score (nSPS) is 20.9. The Balaban J connectivity index is 1.73. The maximum atomic E-state index is 4.77. The van der Waals surface area contributed by atoms with Gasteiger partial charge in [-0.25, -0.2) is 4.98 Å². The lowest BCUT2D eigenvalue weighted by atomic mass is 10.2. The summed E-state index contributed by atoms with van der Waals surface area (Å²) in [5, 5.41) is 4.93. The number of nitrogens with one attached hydrogen (secondary N) is 1. The minimum absolute atomic E-state index is 0.803. The van der Waals surface area contributed by atoms with Crippen molar-refractivity contribution in [3.8, 4) is 0 Å². The average molecular weight is 222 g/mol. The van der Waals surface area contributed by atoms with E-state index in [4.69, 9.17) is 4.98 Å². The molecular weight excluding hydrogens is 204 g/mol. The van der Waals surface area contributed by atoms with Gasteiger partial charge in [0.05, 0.1) is 10.7 Å². The second-order valence-corrected chi connectivity index (χ2v) is 5.87. The summed E-state index contributed by atoms with van der Waals surface area (Å²) in [5.74, 6) is 0.803. The standard InChI is InChI=1S/C12H18N2S/c1-2-11-14-12(8-3-4-8)10(15-11)7-13-9-5-6-9/h8-9,13H,2-7H2,1H3. The van der Waals surface area contributed by atoms with E-state index in [0.717, 1.165) is 24.9 Å². The van der Waals surface area contributed by atoms with Gasteiger partial charge in [0.15, 0.2) is 0 Å². The molecule has 2 aliphatic carbocycles. The lowest BCUT2D eigenvalue weighted by molar-refractivity contribution is 0.688. The van der Waals surface area contributed by atoms with Crippen LogP contribution in [0, 0.1) is 0 Å². The van der Waals surface area contributed by atoms with Gasteiger partial charge in [-0.2, -0.15) is 0 Å². The van der Waals surface area contributed by atoms with E-state index in [-0.39, 0.29) is 0 Å². The van der Waals surface area contributed by atoms with Gasteiger partial charge in [0.25, 0.3) is 0 Å². The highest BCUT2D eigenvalue weighted by Gasteiger charge is 2.30. The Morgan fingerprint density at radius 1 is 1.33 bits per heavy atom. The first-order valence-corrected chi connectivity index (χ1v) is 6.90. The van der Waals surface area contributed by atoms with Crippen molar-refractivity contribution in [3.63, 3.8) is 0 Å². The first kappa shape index (κ1) is 9.79. The molecule has 15 heavy (non-hydrogen) atoms. The Morgan fingerprint density at radius 2 is 2.13 bits per heavy atom. The molecule has 0 saturated heterocycles. The highest BCUT2D eigenvalue weighted by molar-refractivity contribution is 7.11. The van der Waals surface area contributed by atoms with E-state index in [1.165, 1.54) is 41.3 Å². The number of hydrogen-bond acceptors (Lipinski definition) is 3. The molecule has 1 heterocycles. The zero-order valence-corrected chi connectivity index (χ0v) is 10.1. The SMILES string of the molecule is CCc1nc(C2CC2)c(CNC2CC2)s1. The van der Waals surface area contributed by atoms with E-state index in [9.17, 15) is 0 Å². The summed E-state index contributed by atoms with van der Waals surface area (Å²) < 4.78 is 0. The zero-order chi connectivity index (χ0) is 10.3. The highest BCUT2D eigenvalue weighted by atomic mass is 32.1. The van der Waals surface area contributed by atoms with Crippen molar-refractivity contribution in [2.45, 2.75) is 57.5 Å². The molecule has 3 rings (SSSR count). The highest BCUT2D eigenvalue weighted by Crippen LogP contribution is 2.42. The van der Waals surface area contributed by atoms with Gasteiger partial charge in [-0.3, -0.25) is 0 Å². The number of aryl methyl sites for hydroxylation is 1. The topological polar surface area (TPSA) is 24.9 Å². The van der Waals surface area contributed by atoms with Crippen LogP contribution in [0.2, 0.25) is 0 Å². The van der Waals surface area contributed by atoms with Crippen LogP contribution in [0.3, 0.4) is 0 Å². The Labute approximate surface area is 95.1 Å². The largest absolute Gasteiger partial charge is 0.309 e. The molecule has 2 saturated carbocycles. The summed E-state index contributed by atoms with van der Waals surface area (Å²) in [6.45, 7) is 3.27. The molecule has 0 aromatic carbocycles. The molecule has 2 aliphatic rings. The van der Waals surface area contributed by atoms with Gasteiger partial charge >= 0.3 is 0 Å². The van der Waals surface area contributed by atoms with Gasteiger partial charge in [0.2, 0.25) is 0 Å². The summed E-state index contributed by atoms with van der Waals surface area (Å²) in [6.07, 6.45) is 6.57. The molecule has 1 aromatic heterocycles. The predicted molar refractivity (Wildman–Crippen MR) is 63.3 cm³/mol. The molecule has 2 fully saturated rings. The summed E-state index contributed by atoms with van der Waals surface area (Å²) in [6, 6.07) is 0.809. The van der Waals surface area contributed by atoms with Crippen LogP contribution >= 0.6 is 11.3 Å². The molecule has 1 aromatic rings. The summed E-state index contributed by atoms with van der Waals surface area (Å²) in [4.78, 5) is 6.28. The van der Waals surface area contributed by atoms with Crippen molar-refractivity contribution < 1.29 is 0 Å². The van der Waals surface area contributed by atoms with Gasteiger partial charge in [0, 0.05) is 23.4 Å². The van der Waals surface area contributed by atoms with E-state index >= 15 is 0 Å². The maximum absolute atomic E-state index is 4.77. The summed E-state index contributed by atoms with van der Waals surface area (Å²) in [7, 11) is 0. The van der Waals surface area contributed by atoms with Crippen molar-refractivity contribution >= 4 is 11.3 Å². The van der Waals surface area contributed by atoms with Crippen molar-refractivity contribution in [1.29, 1.82) is 0 Å². The Bertz CT molecular complexity index is 351. The van der Waals surface area contributed by atoms with E-state index < -0.39 is 0 Å². The van der Waals surface area contributed by atoms with Crippen LogP contribution in [0.25, 0.3) is 0 Å². The lowest BCUT2D eigenvalue weighted by Crippen LogP contribution is -2.15. The predicted octanol–water partition coefficient (Wildman–Crippen LogP) is 2.83. The van der Waals surface area contributed by atoms with Crippen LogP contribution in [-0.2, 0) is 13.0 Å². The average Bonchev–Trinajstić information content (AvgIpc) is 3.14. The van der Waals surface area contributed by atoms with E-state index in [1.807, 2.05) is 11.3 Å². The van der Waals surface area contributed by atoms with Crippen LogP contribution in [-0.4, -0.2) is 11.0 Å². The zero-order valence-electron chi connectivity index (χ0n) is 9.25. The number of thiazole rings is 1. The third-order valence-corrected chi connectivity index (χ3v) is 4.38. The van der Waals surface area contributed by atoms with Crippen molar-refractivity contribution in [3.05, 3.63) is 15.6 Å². The molecule has 0 atom stereocenters. The number of rotatable bonds is 5. The lowest BCUT2D eigenvalue weighted by Gasteiger charge is -2.01. The second kappa shape index (κ2) is 3.87. The van der Waals surface area contributed by atoms with Crippen LogP contribution in [0.15, 0.2) is 0 Å². The minimum Gasteiger partial charge on any atom is -0.309 e. The molecule has 3 heteroatoms. The van der Waals surface area contributed by atoms with Crippen molar-refractivity contribution in [1.82, 2.24) is 10.3 Å². The van der Waals surface area contributed by atoms with Crippen molar-refractivity contribution in [2.75, 3.05) is 0 Å². The molecule has 1 N–H and O–H groups in total. The van der Waals surface area contributed by atoms with Crippen molar-refractivity contribution in [2.24, 2.45) is 0 Å². The molecule has 0 unspecified atom stereocenters. The van der Waals surface area contributed by atoms with E-state index in [2.05, 4.69) is 12.2 Å². The second-order valence-electron chi connectivity index (χ2n) is 4.70. The molecule has 0 radical (unpaired) electrons. The van der Waals surface area contributed by atoms with Gasteiger partial charge in [0.1, 0.15) is 0 Å². The van der Waals surface area contributed by atoms with Crippen LogP contribution in [0.5, 0.6) is 0 Å². The Hall–Kier alpha value is -0.410. The first-order chi connectivity index (χ1) is 7.36. The van der Waals surface area contributed by atoms with Gasteiger partial charge in [-0.05, 0) is 32.1 Å². The smallest absolute Gasteiger partial charge is 0.0929 e. The van der Waals surface area contributed by atoms with E-state index in [1.54, 1.807) is 0 Å². The number of aromatic nitrogens is 1. The molecule has 0 amide bonds. The molecule has 0 bridgehead atoms.